The third-order valence-electron chi connectivity index (χ3n) is 3.12. The zero-order chi connectivity index (χ0) is 17.7. The van der Waals surface area contributed by atoms with E-state index in [2.05, 4.69) is 5.32 Å². The molecule has 0 aliphatic rings. The van der Waals surface area contributed by atoms with E-state index in [0.717, 1.165) is 6.07 Å². The fourth-order valence-corrected chi connectivity index (χ4v) is 2.28. The molecule has 0 saturated heterocycles. The molecule has 0 aliphatic heterocycles. The van der Waals surface area contributed by atoms with Crippen molar-refractivity contribution in [2.75, 3.05) is 11.9 Å². The molecular formula is C16H14Cl2N2O4. The van der Waals surface area contributed by atoms with E-state index in [-0.39, 0.29) is 16.9 Å². The molecular weight excluding hydrogens is 355 g/mol. The highest BCUT2D eigenvalue weighted by Crippen LogP contribution is 2.30. The molecule has 0 aromatic heterocycles. The number of ketones is 1. The van der Waals surface area contributed by atoms with E-state index < -0.39 is 15.5 Å². The monoisotopic (exact) mass is 368 g/mol. The van der Waals surface area contributed by atoms with Crippen LogP contribution in [0.15, 0.2) is 42.5 Å². The first-order valence-corrected chi connectivity index (χ1v) is 7.90. The lowest BCUT2D eigenvalue weighted by atomic mass is 10.1. The summed E-state index contributed by atoms with van der Waals surface area (Å²) in [6.07, 6.45) is 0. The van der Waals surface area contributed by atoms with Crippen molar-refractivity contribution in [1.82, 2.24) is 0 Å². The Hall–Kier alpha value is -2.31. The first-order chi connectivity index (χ1) is 11.4. The topological polar surface area (TPSA) is 81.5 Å². The standard InChI is InChI=1S/C16H14Cl2N2O4/c1-2-24-12-6-4-11(5-7-12)19-13-8-3-10(15(21)16(17)18)9-14(13)20(22)23/h3-9,16,19H,2H2,1H3. The van der Waals surface area contributed by atoms with Gasteiger partial charge in [-0.2, -0.15) is 0 Å². The second-order valence-corrected chi connectivity index (χ2v) is 5.83. The molecule has 0 bridgehead atoms. The number of nitro groups is 1. The third-order valence-corrected chi connectivity index (χ3v) is 3.52. The second kappa shape index (κ2) is 7.99. The molecule has 2 aromatic rings. The Labute approximate surface area is 148 Å². The lowest BCUT2D eigenvalue weighted by Crippen LogP contribution is -2.09. The number of nitrogens with one attached hydrogen (secondary N) is 1. The number of hydrogen-bond donors (Lipinski definition) is 1. The molecule has 0 heterocycles. The molecule has 0 radical (unpaired) electrons. The van der Waals surface area contributed by atoms with Gasteiger partial charge in [-0.15, -0.1) is 0 Å². The third kappa shape index (κ3) is 4.37. The summed E-state index contributed by atoms with van der Waals surface area (Å²) in [7, 11) is 0. The predicted molar refractivity (Wildman–Crippen MR) is 93.8 cm³/mol. The van der Waals surface area contributed by atoms with Crippen molar-refractivity contribution in [3.8, 4) is 5.75 Å². The van der Waals surface area contributed by atoms with Gasteiger partial charge in [0.05, 0.1) is 11.5 Å². The van der Waals surface area contributed by atoms with Crippen molar-refractivity contribution in [2.45, 2.75) is 11.8 Å². The van der Waals surface area contributed by atoms with E-state index in [9.17, 15) is 14.9 Å². The number of nitrogens with zero attached hydrogens (tertiary/aromatic N) is 1. The van der Waals surface area contributed by atoms with Crippen LogP contribution in [0.25, 0.3) is 0 Å². The van der Waals surface area contributed by atoms with Gasteiger partial charge < -0.3 is 10.1 Å². The summed E-state index contributed by atoms with van der Waals surface area (Å²) in [5, 5.41) is 14.2. The van der Waals surface area contributed by atoms with Gasteiger partial charge in [-0.3, -0.25) is 14.9 Å². The molecule has 0 atom stereocenters. The zero-order valence-electron chi connectivity index (χ0n) is 12.7. The maximum absolute atomic E-state index is 11.8. The van der Waals surface area contributed by atoms with Gasteiger partial charge >= 0.3 is 0 Å². The van der Waals surface area contributed by atoms with Gasteiger partial charge in [-0.1, -0.05) is 23.2 Å². The number of carbonyl (C=O) groups is 1. The molecule has 0 saturated carbocycles. The summed E-state index contributed by atoms with van der Waals surface area (Å²) in [6, 6.07) is 11.0. The van der Waals surface area contributed by atoms with Crippen LogP contribution in [0, 0.1) is 10.1 Å². The quantitative estimate of drug-likeness (QED) is 0.330. The summed E-state index contributed by atoms with van der Waals surface area (Å²) >= 11 is 11.0. The van der Waals surface area contributed by atoms with Crippen molar-refractivity contribution in [3.63, 3.8) is 0 Å². The van der Waals surface area contributed by atoms with Crippen LogP contribution in [0.5, 0.6) is 5.75 Å². The van der Waals surface area contributed by atoms with Gasteiger partial charge in [-0.05, 0) is 43.3 Å². The first-order valence-electron chi connectivity index (χ1n) is 7.03. The van der Waals surface area contributed by atoms with Gasteiger partial charge in [0.1, 0.15) is 11.4 Å². The van der Waals surface area contributed by atoms with Crippen molar-refractivity contribution in [2.24, 2.45) is 0 Å². The number of Topliss-reactive ketones (excluding diaryl/α,β-unsaturated/α-hetero) is 1. The highest BCUT2D eigenvalue weighted by Gasteiger charge is 2.21. The average Bonchev–Trinajstić information content (AvgIpc) is 2.56. The molecule has 126 valence electrons. The Balaban J connectivity index is 2.29. The molecule has 0 aliphatic carbocycles. The van der Waals surface area contributed by atoms with E-state index in [1.165, 1.54) is 12.1 Å². The number of anilines is 2. The number of ether oxygens (including phenoxy) is 1. The predicted octanol–water partition coefficient (Wildman–Crippen LogP) is 4.72. The van der Waals surface area contributed by atoms with Crippen molar-refractivity contribution >= 4 is 46.0 Å². The van der Waals surface area contributed by atoms with Gasteiger partial charge in [-0.25, -0.2) is 0 Å². The SMILES string of the molecule is CCOc1ccc(Nc2ccc(C(=O)C(Cl)Cl)cc2[N+](=O)[O-])cc1. The highest BCUT2D eigenvalue weighted by molar-refractivity contribution is 6.55. The number of halogens is 2. The molecule has 8 heteroatoms. The highest BCUT2D eigenvalue weighted by atomic mass is 35.5. The number of rotatable bonds is 7. The molecule has 2 rings (SSSR count). The lowest BCUT2D eigenvalue weighted by molar-refractivity contribution is -0.383. The van der Waals surface area contributed by atoms with Gasteiger partial charge in [0, 0.05) is 17.3 Å². The summed E-state index contributed by atoms with van der Waals surface area (Å²) in [4.78, 5) is 21.2. The molecule has 0 amide bonds. The number of hydrogen-bond acceptors (Lipinski definition) is 5. The van der Waals surface area contributed by atoms with Crippen LogP contribution in [-0.4, -0.2) is 22.1 Å². The van der Waals surface area contributed by atoms with Crippen LogP contribution < -0.4 is 10.1 Å². The van der Waals surface area contributed by atoms with Crippen molar-refractivity contribution in [1.29, 1.82) is 0 Å². The first kappa shape index (κ1) is 18.0. The van der Waals surface area contributed by atoms with E-state index in [1.807, 2.05) is 6.92 Å². The number of nitro benzene ring substituents is 1. The largest absolute Gasteiger partial charge is 0.494 e. The Morgan fingerprint density at radius 2 is 1.92 bits per heavy atom. The Morgan fingerprint density at radius 1 is 1.25 bits per heavy atom. The summed E-state index contributed by atoms with van der Waals surface area (Å²) in [6.45, 7) is 2.43. The molecule has 0 fully saturated rings. The lowest BCUT2D eigenvalue weighted by Gasteiger charge is -2.10. The minimum absolute atomic E-state index is 0.0777. The van der Waals surface area contributed by atoms with Crippen LogP contribution >= 0.6 is 23.2 Å². The molecule has 2 aromatic carbocycles. The smallest absolute Gasteiger partial charge is 0.293 e. The van der Waals surface area contributed by atoms with Crippen molar-refractivity contribution in [3.05, 3.63) is 58.1 Å². The molecule has 0 unspecified atom stereocenters. The fourth-order valence-electron chi connectivity index (χ4n) is 2.02. The normalized spacial score (nSPS) is 10.5. The number of benzene rings is 2. The zero-order valence-corrected chi connectivity index (χ0v) is 14.2. The molecule has 0 spiro atoms. The van der Waals surface area contributed by atoms with E-state index in [4.69, 9.17) is 27.9 Å². The van der Waals surface area contributed by atoms with Gasteiger partial charge in [0.15, 0.2) is 10.6 Å². The summed E-state index contributed by atoms with van der Waals surface area (Å²) in [5.74, 6) is 0.114. The molecule has 1 N–H and O–H groups in total. The fraction of sp³-hybridized carbons (Fsp3) is 0.188. The molecule has 6 nitrogen and oxygen atoms in total. The number of alkyl halides is 2. The average molecular weight is 369 g/mol. The Bertz CT molecular complexity index is 748. The maximum Gasteiger partial charge on any atom is 0.293 e. The van der Waals surface area contributed by atoms with Gasteiger partial charge in [0.2, 0.25) is 0 Å². The minimum Gasteiger partial charge on any atom is -0.494 e. The maximum atomic E-state index is 11.8. The minimum atomic E-state index is -1.27. The van der Waals surface area contributed by atoms with Crippen LogP contribution in [-0.2, 0) is 0 Å². The molecule has 24 heavy (non-hydrogen) atoms. The van der Waals surface area contributed by atoms with Crippen LogP contribution in [0.4, 0.5) is 17.1 Å². The van der Waals surface area contributed by atoms with E-state index >= 15 is 0 Å². The van der Waals surface area contributed by atoms with Crippen LogP contribution in [0.3, 0.4) is 0 Å². The summed E-state index contributed by atoms with van der Waals surface area (Å²) in [5.41, 5.74) is 0.729. The van der Waals surface area contributed by atoms with Crippen molar-refractivity contribution < 1.29 is 14.5 Å². The van der Waals surface area contributed by atoms with Crippen LogP contribution in [0.1, 0.15) is 17.3 Å². The Kier molecular flexibility index (Phi) is 6.00. The summed E-state index contributed by atoms with van der Waals surface area (Å²) < 4.78 is 5.34. The Morgan fingerprint density at radius 3 is 2.46 bits per heavy atom. The van der Waals surface area contributed by atoms with Crippen LogP contribution in [0.2, 0.25) is 0 Å². The second-order valence-electron chi connectivity index (χ2n) is 4.74. The van der Waals surface area contributed by atoms with Gasteiger partial charge in [0.25, 0.3) is 5.69 Å². The number of carbonyl (C=O) groups excluding carboxylic acids is 1. The van der Waals surface area contributed by atoms with E-state index in [0.29, 0.717) is 18.0 Å². The van der Waals surface area contributed by atoms with E-state index in [1.54, 1.807) is 24.3 Å².